The molecule has 0 spiro atoms. The summed E-state index contributed by atoms with van der Waals surface area (Å²) in [5.41, 5.74) is 0.767. The number of nitrogens with one attached hydrogen (secondary N) is 1. The molecular formula is C23H29NO6. The van der Waals surface area contributed by atoms with Crippen LogP contribution in [0.3, 0.4) is 0 Å². The number of amides is 1. The molecule has 7 nitrogen and oxygen atoms in total. The van der Waals surface area contributed by atoms with Gasteiger partial charge in [-0.2, -0.15) is 0 Å². The highest BCUT2D eigenvalue weighted by Gasteiger charge is 2.20. The molecule has 0 aliphatic carbocycles. The lowest BCUT2D eigenvalue weighted by Crippen LogP contribution is -2.30. The van der Waals surface area contributed by atoms with E-state index >= 15 is 0 Å². The maximum absolute atomic E-state index is 12.5. The maximum Gasteiger partial charge on any atom is 0.338 e. The Labute approximate surface area is 177 Å². The summed E-state index contributed by atoms with van der Waals surface area (Å²) in [7, 11) is 3.03. The number of benzene rings is 2. The van der Waals surface area contributed by atoms with Gasteiger partial charge in [0.25, 0.3) is 5.91 Å². The van der Waals surface area contributed by atoms with E-state index in [1.807, 2.05) is 0 Å². The van der Waals surface area contributed by atoms with Crippen molar-refractivity contribution >= 4 is 17.6 Å². The fraction of sp³-hybridized carbons (Fsp3) is 0.391. The van der Waals surface area contributed by atoms with Crippen molar-refractivity contribution in [3.63, 3.8) is 0 Å². The molecule has 0 aliphatic rings. The van der Waals surface area contributed by atoms with Crippen LogP contribution in [0.5, 0.6) is 17.2 Å². The van der Waals surface area contributed by atoms with Crippen LogP contribution in [0.25, 0.3) is 0 Å². The highest BCUT2D eigenvalue weighted by molar-refractivity contribution is 5.98. The average Bonchev–Trinajstić information content (AvgIpc) is 2.76. The molecule has 2 aromatic rings. The van der Waals surface area contributed by atoms with Gasteiger partial charge in [-0.1, -0.05) is 19.8 Å². The molecule has 0 heterocycles. The standard InChI is InChI=1S/C23H29NO6/c1-5-6-7-14-29-18-10-8-17(9-11-18)23(26)30-16(2)22(25)24-20-15-19(27-3)12-13-21(20)28-4/h8-13,15-16H,5-7,14H2,1-4H3,(H,24,25). The van der Waals surface area contributed by atoms with E-state index in [1.54, 1.807) is 42.5 Å². The summed E-state index contributed by atoms with van der Waals surface area (Å²) in [5.74, 6) is 0.655. The van der Waals surface area contributed by atoms with E-state index in [4.69, 9.17) is 18.9 Å². The van der Waals surface area contributed by atoms with Crippen molar-refractivity contribution < 1.29 is 28.5 Å². The first-order valence-corrected chi connectivity index (χ1v) is 9.95. The molecular weight excluding hydrogens is 386 g/mol. The molecule has 30 heavy (non-hydrogen) atoms. The van der Waals surface area contributed by atoms with Crippen molar-refractivity contribution in [1.29, 1.82) is 0 Å². The van der Waals surface area contributed by atoms with Crippen LogP contribution in [-0.4, -0.2) is 38.8 Å². The third-order valence-electron chi connectivity index (χ3n) is 4.42. The van der Waals surface area contributed by atoms with Crippen LogP contribution in [0.4, 0.5) is 5.69 Å². The second-order valence-corrected chi connectivity index (χ2v) is 6.68. The summed E-state index contributed by atoms with van der Waals surface area (Å²) in [6, 6.07) is 11.7. The SMILES string of the molecule is CCCCCOc1ccc(C(=O)OC(C)C(=O)Nc2cc(OC)ccc2OC)cc1. The van der Waals surface area contributed by atoms with Crippen molar-refractivity contribution in [2.45, 2.75) is 39.2 Å². The maximum atomic E-state index is 12.5. The zero-order valence-corrected chi connectivity index (χ0v) is 17.9. The highest BCUT2D eigenvalue weighted by atomic mass is 16.5. The number of methoxy groups -OCH3 is 2. The molecule has 0 saturated heterocycles. The van der Waals surface area contributed by atoms with Crippen LogP contribution in [-0.2, 0) is 9.53 Å². The van der Waals surface area contributed by atoms with E-state index in [9.17, 15) is 9.59 Å². The Hall–Kier alpha value is -3.22. The first kappa shape index (κ1) is 23.1. The number of ether oxygens (including phenoxy) is 4. The first-order valence-electron chi connectivity index (χ1n) is 9.95. The quantitative estimate of drug-likeness (QED) is 0.431. The van der Waals surface area contributed by atoms with Crippen molar-refractivity contribution in [1.82, 2.24) is 0 Å². The monoisotopic (exact) mass is 415 g/mol. The number of hydrogen-bond donors (Lipinski definition) is 1. The number of unbranched alkanes of at least 4 members (excludes halogenated alkanes) is 2. The van der Waals surface area contributed by atoms with Crippen molar-refractivity contribution in [3.05, 3.63) is 48.0 Å². The molecule has 0 fully saturated rings. The Morgan fingerprint density at radius 3 is 2.30 bits per heavy atom. The summed E-state index contributed by atoms with van der Waals surface area (Å²) in [4.78, 5) is 24.8. The number of carbonyl (C=O) groups excluding carboxylic acids is 2. The van der Waals surface area contributed by atoms with Crippen LogP contribution in [0.2, 0.25) is 0 Å². The fourth-order valence-corrected chi connectivity index (χ4v) is 2.66. The van der Waals surface area contributed by atoms with E-state index in [0.29, 0.717) is 35.1 Å². The Morgan fingerprint density at radius 2 is 1.67 bits per heavy atom. The van der Waals surface area contributed by atoms with Gasteiger partial charge in [-0.05, 0) is 49.7 Å². The minimum atomic E-state index is -1.00. The van der Waals surface area contributed by atoms with Gasteiger partial charge >= 0.3 is 5.97 Å². The summed E-state index contributed by atoms with van der Waals surface area (Å²) < 4.78 is 21.3. The van der Waals surface area contributed by atoms with E-state index in [1.165, 1.54) is 21.1 Å². The van der Waals surface area contributed by atoms with E-state index in [2.05, 4.69) is 12.2 Å². The number of esters is 1. The fourth-order valence-electron chi connectivity index (χ4n) is 2.66. The van der Waals surface area contributed by atoms with Gasteiger partial charge in [0.15, 0.2) is 6.10 Å². The average molecular weight is 415 g/mol. The first-order chi connectivity index (χ1) is 14.5. The van der Waals surface area contributed by atoms with Gasteiger partial charge in [0.05, 0.1) is 32.1 Å². The molecule has 0 saturated carbocycles. The van der Waals surface area contributed by atoms with Crippen LogP contribution >= 0.6 is 0 Å². The van der Waals surface area contributed by atoms with Crippen LogP contribution in [0.1, 0.15) is 43.5 Å². The molecule has 0 radical (unpaired) electrons. The summed E-state index contributed by atoms with van der Waals surface area (Å²) in [6.45, 7) is 4.28. The Morgan fingerprint density at radius 1 is 0.967 bits per heavy atom. The predicted octanol–water partition coefficient (Wildman–Crippen LogP) is 4.46. The number of rotatable bonds is 11. The normalized spacial score (nSPS) is 11.3. The van der Waals surface area contributed by atoms with Gasteiger partial charge in [0, 0.05) is 6.07 Å². The minimum absolute atomic E-state index is 0.342. The molecule has 1 amide bonds. The molecule has 162 valence electrons. The van der Waals surface area contributed by atoms with Gasteiger partial charge in [0.1, 0.15) is 17.2 Å². The summed E-state index contributed by atoms with van der Waals surface area (Å²) in [6.07, 6.45) is 2.24. The Kier molecular flexibility index (Phi) is 9.00. The second-order valence-electron chi connectivity index (χ2n) is 6.68. The molecule has 0 aromatic heterocycles. The largest absolute Gasteiger partial charge is 0.497 e. The molecule has 0 aliphatic heterocycles. The molecule has 2 aromatic carbocycles. The van der Waals surface area contributed by atoms with E-state index < -0.39 is 18.0 Å². The Balaban J connectivity index is 1.92. The van der Waals surface area contributed by atoms with Gasteiger partial charge in [-0.25, -0.2) is 4.79 Å². The third-order valence-corrected chi connectivity index (χ3v) is 4.42. The lowest BCUT2D eigenvalue weighted by Gasteiger charge is -2.16. The van der Waals surface area contributed by atoms with E-state index in [0.717, 1.165) is 19.3 Å². The molecule has 0 bridgehead atoms. The second kappa shape index (κ2) is 11.7. The van der Waals surface area contributed by atoms with Crippen LogP contribution in [0, 0.1) is 0 Å². The van der Waals surface area contributed by atoms with Crippen molar-refractivity contribution in [3.8, 4) is 17.2 Å². The zero-order chi connectivity index (χ0) is 21.9. The Bertz CT molecular complexity index is 834. The molecule has 1 N–H and O–H groups in total. The smallest absolute Gasteiger partial charge is 0.338 e. The number of anilines is 1. The third kappa shape index (κ3) is 6.69. The van der Waals surface area contributed by atoms with Gasteiger partial charge < -0.3 is 24.3 Å². The topological polar surface area (TPSA) is 83.1 Å². The minimum Gasteiger partial charge on any atom is -0.497 e. The molecule has 7 heteroatoms. The van der Waals surface area contributed by atoms with Gasteiger partial charge in [0.2, 0.25) is 0 Å². The van der Waals surface area contributed by atoms with Crippen LogP contribution in [0.15, 0.2) is 42.5 Å². The molecule has 1 unspecified atom stereocenters. The predicted molar refractivity (Wildman–Crippen MR) is 115 cm³/mol. The highest BCUT2D eigenvalue weighted by Crippen LogP contribution is 2.29. The van der Waals surface area contributed by atoms with Crippen LogP contribution < -0.4 is 19.5 Å². The zero-order valence-electron chi connectivity index (χ0n) is 17.9. The van der Waals surface area contributed by atoms with E-state index in [-0.39, 0.29) is 0 Å². The lowest BCUT2D eigenvalue weighted by atomic mass is 10.2. The summed E-state index contributed by atoms with van der Waals surface area (Å²) >= 11 is 0. The van der Waals surface area contributed by atoms with Crippen molar-refractivity contribution in [2.75, 3.05) is 26.1 Å². The lowest BCUT2D eigenvalue weighted by molar-refractivity contribution is -0.123. The van der Waals surface area contributed by atoms with Crippen molar-refractivity contribution in [2.24, 2.45) is 0 Å². The van der Waals surface area contributed by atoms with Gasteiger partial charge in [-0.15, -0.1) is 0 Å². The van der Waals surface area contributed by atoms with Gasteiger partial charge in [-0.3, -0.25) is 4.79 Å². The number of hydrogen-bond acceptors (Lipinski definition) is 6. The molecule has 2 rings (SSSR count). The molecule has 1 atom stereocenters. The number of carbonyl (C=O) groups is 2. The summed E-state index contributed by atoms with van der Waals surface area (Å²) in [5, 5.41) is 2.69.